The van der Waals surface area contributed by atoms with Gasteiger partial charge < -0.3 is 25.4 Å². The summed E-state index contributed by atoms with van der Waals surface area (Å²) in [5, 5.41) is 13.4. The standard InChI is InChI=1S/C32H38N6O3/c1-6-10-22(19-38(5)31(39)41-32(2,3)4)37-28-18-27-26(30(34)36-20-35-27)17-25(28)29(33)21-13-15-24(16-14-21)40-23-11-8-7-9-12-23/h7-9,11-18,20,22,33,37H,6,10,19H2,1-5H3,(H2,34,35,36). The topological polar surface area (TPSA) is 126 Å². The lowest BCUT2D eigenvalue weighted by Crippen LogP contribution is -2.41. The molecule has 0 aliphatic carbocycles. The zero-order valence-corrected chi connectivity index (χ0v) is 24.3. The Morgan fingerprint density at radius 1 is 1.05 bits per heavy atom. The number of nitrogens with zero attached hydrogens (tertiary/aromatic N) is 3. The lowest BCUT2D eigenvalue weighted by atomic mass is 9.98. The minimum absolute atomic E-state index is 0.0950. The molecule has 0 spiro atoms. The van der Waals surface area contributed by atoms with Gasteiger partial charge in [-0.3, -0.25) is 5.41 Å². The number of hydrogen-bond donors (Lipinski definition) is 3. The highest BCUT2D eigenvalue weighted by molar-refractivity contribution is 6.16. The van der Waals surface area contributed by atoms with Gasteiger partial charge in [0.2, 0.25) is 0 Å². The van der Waals surface area contributed by atoms with Gasteiger partial charge >= 0.3 is 6.09 Å². The van der Waals surface area contributed by atoms with Crippen LogP contribution in [0.2, 0.25) is 0 Å². The fourth-order valence-electron chi connectivity index (χ4n) is 4.44. The second kappa shape index (κ2) is 12.7. The third kappa shape index (κ3) is 7.72. The number of anilines is 2. The number of fused-ring (bicyclic) bond motifs is 1. The molecule has 1 unspecified atom stereocenters. The van der Waals surface area contributed by atoms with E-state index in [-0.39, 0.29) is 12.1 Å². The van der Waals surface area contributed by atoms with Crippen LogP contribution in [0.4, 0.5) is 16.3 Å². The Hall–Kier alpha value is -4.66. The Bertz CT molecular complexity index is 1500. The highest BCUT2D eigenvalue weighted by Crippen LogP contribution is 2.30. The van der Waals surface area contributed by atoms with Crippen LogP contribution in [-0.2, 0) is 4.74 Å². The number of rotatable bonds is 10. The number of nitrogens with two attached hydrogens (primary N) is 1. The van der Waals surface area contributed by atoms with Gasteiger partial charge in [-0.2, -0.15) is 0 Å². The minimum Gasteiger partial charge on any atom is -0.457 e. The van der Waals surface area contributed by atoms with E-state index in [2.05, 4.69) is 22.2 Å². The second-order valence-corrected chi connectivity index (χ2v) is 11.0. The number of nitrogens with one attached hydrogen (secondary N) is 2. The number of aromatic nitrogens is 2. The van der Waals surface area contributed by atoms with Gasteiger partial charge in [0.15, 0.2) is 0 Å². The maximum absolute atomic E-state index is 12.7. The first-order chi connectivity index (χ1) is 19.5. The maximum Gasteiger partial charge on any atom is 0.410 e. The number of hydrogen-bond acceptors (Lipinski definition) is 8. The summed E-state index contributed by atoms with van der Waals surface area (Å²) in [6.07, 6.45) is 2.75. The van der Waals surface area contributed by atoms with Crippen LogP contribution in [0, 0.1) is 5.41 Å². The van der Waals surface area contributed by atoms with Crippen molar-refractivity contribution >= 4 is 34.2 Å². The van der Waals surface area contributed by atoms with Gasteiger partial charge in [0, 0.05) is 41.8 Å². The van der Waals surface area contributed by atoms with E-state index in [4.69, 9.17) is 20.6 Å². The molecule has 1 aromatic heterocycles. The molecule has 0 radical (unpaired) electrons. The lowest BCUT2D eigenvalue weighted by Gasteiger charge is -2.29. The molecule has 9 nitrogen and oxygen atoms in total. The van der Waals surface area contributed by atoms with Gasteiger partial charge in [0.05, 0.1) is 11.2 Å². The first-order valence-corrected chi connectivity index (χ1v) is 13.7. The Balaban J connectivity index is 1.64. The van der Waals surface area contributed by atoms with Gasteiger partial charge in [-0.25, -0.2) is 14.8 Å². The van der Waals surface area contributed by atoms with Crippen LogP contribution < -0.4 is 15.8 Å². The van der Waals surface area contributed by atoms with Crippen LogP contribution in [0.3, 0.4) is 0 Å². The minimum atomic E-state index is -0.582. The summed E-state index contributed by atoms with van der Waals surface area (Å²) in [7, 11) is 1.73. The van der Waals surface area contributed by atoms with Crippen molar-refractivity contribution in [1.82, 2.24) is 14.9 Å². The SMILES string of the molecule is CCCC(CN(C)C(=O)OC(C)(C)C)Nc1cc2ncnc(N)c2cc1C(=N)c1ccc(Oc2ccccc2)cc1. The highest BCUT2D eigenvalue weighted by atomic mass is 16.6. The van der Waals surface area contributed by atoms with E-state index in [1.807, 2.05) is 87.5 Å². The van der Waals surface area contributed by atoms with Crippen molar-refractivity contribution in [2.45, 2.75) is 52.2 Å². The number of nitrogen functional groups attached to an aromatic ring is 1. The Morgan fingerprint density at radius 3 is 2.39 bits per heavy atom. The summed E-state index contributed by atoms with van der Waals surface area (Å²) in [5.41, 5.74) is 8.66. The molecule has 0 saturated heterocycles. The quantitative estimate of drug-likeness (QED) is 0.183. The summed E-state index contributed by atoms with van der Waals surface area (Å²) >= 11 is 0. The van der Waals surface area contributed by atoms with E-state index >= 15 is 0 Å². The van der Waals surface area contributed by atoms with Crippen molar-refractivity contribution in [3.8, 4) is 11.5 Å². The van der Waals surface area contributed by atoms with E-state index in [0.717, 1.165) is 24.3 Å². The first kappa shape index (κ1) is 29.3. The monoisotopic (exact) mass is 554 g/mol. The smallest absolute Gasteiger partial charge is 0.410 e. The van der Waals surface area contributed by atoms with E-state index < -0.39 is 5.60 Å². The highest BCUT2D eigenvalue weighted by Gasteiger charge is 2.23. The van der Waals surface area contributed by atoms with Gasteiger partial charge in [-0.05, 0) is 75.7 Å². The second-order valence-electron chi connectivity index (χ2n) is 11.0. The van der Waals surface area contributed by atoms with E-state index in [9.17, 15) is 4.79 Å². The molecule has 0 fully saturated rings. The molecule has 0 aliphatic rings. The van der Waals surface area contributed by atoms with E-state index in [1.165, 1.54) is 6.33 Å². The van der Waals surface area contributed by atoms with Gasteiger partial charge in [0.25, 0.3) is 0 Å². The van der Waals surface area contributed by atoms with Crippen molar-refractivity contribution in [1.29, 1.82) is 5.41 Å². The van der Waals surface area contributed by atoms with Crippen molar-refractivity contribution in [3.63, 3.8) is 0 Å². The molecule has 4 rings (SSSR count). The number of carbonyl (C=O) groups excluding carboxylic acids is 1. The summed E-state index contributed by atoms with van der Waals surface area (Å²) in [5.74, 6) is 1.76. The van der Waals surface area contributed by atoms with Crippen molar-refractivity contribution in [2.75, 3.05) is 24.6 Å². The van der Waals surface area contributed by atoms with Crippen LogP contribution in [0.15, 0.2) is 73.1 Å². The number of likely N-dealkylation sites (N-methyl/N-ethyl adjacent to an activating group) is 1. The predicted molar refractivity (Wildman–Crippen MR) is 164 cm³/mol. The number of ether oxygens (including phenoxy) is 2. The molecular weight excluding hydrogens is 516 g/mol. The Kier molecular flexibility index (Phi) is 9.07. The van der Waals surface area contributed by atoms with Gasteiger partial charge in [0.1, 0.15) is 29.2 Å². The maximum atomic E-state index is 12.7. The Labute approximate surface area is 241 Å². The molecule has 4 aromatic rings. The molecule has 3 aromatic carbocycles. The summed E-state index contributed by atoms with van der Waals surface area (Å²) in [6, 6.07) is 20.6. The fraction of sp³-hybridized carbons (Fsp3) is 0.312. The molecule has 41 heavy (non-hydrogen) atoms. The number of carbonyl (C=O) groups is 1. The molecule has 0 aliphatic heterocycles. The van der Waals surface area contributed by atoms with Crippen molar-refractivity contribution in [3.05, 3.63) is 84.2 Å². The van der Waals surface area contributed by atoms with Crippen molar-refractivity contribution in [2.24, 2.45) is 0 Å². The van der Waals surface area contributed by atoms with Crippen molar-refractivity contribution < 1.29 is 14.3 Å². The molecule has 214 valence electrons. The molecule has 0 bridgehead atoms. The molecular formula is C32H38N6O3. The lowest BCUT2D eigenvalue weighted by molar-refractivity contribution is 0.0291. The normalized spacial score (nSPS) is 12.0. The summed E-state index contributed by atoms with van der Waals surface area (Å²) < 4.78 is 11.5. The third-order valence-corrected chi connectivity index (χ3v) is 6.39. The van der Waals surface area contributed by atoms with Crippen LogP contribution in [0.5, 0.6) is 11.5 Å². The zero-order valence-electron chi connectivity index (χ0n) is 24.3. The van der Waals surface area contributed by atoms with E-state index in [1.54, 1.807) is 11.9 Å². The number of benzene rings is 3. The predicted octanol–water partition coefficient (Wildman–Crippen LogP) is 6.87. The molecule has 1 amide bonds. The number of amides is 1. The van der Waals surface area contributed by atoms with Gasteiger partial charge in [-0.15, -0.1) is 0 Å². The molecule has 0 saturated carbocycles. The molecule has 9 heteroatoms. The van der Waals surface area contributed by atoms with Crippen LogP contribution >= 0.6 is 0 Å². The fourth-order valence-corrected chi connectivity index (χ4v) is 4.44. The van der Waals surface area contributed by atoms with Crippen LogP contribution in [-0.4, -0.2) is 51.9 Å². The average molecular weight is 555 g/mol. The van der Waals surface area contributed by atoms with Crippen LogP contribution in [0.1, 0.15) is 51.7 Å². The molecule has 4 N–H and O–H groups in total. The molecule has 1 atom stereocenters. The summed E-state index contributed by atoms with van der Waals surface area (Å²) in [4.78, 5) is 22.8. The Morgan fingerprint density at radius 2 is 1.73 bits per heavy atom. The van der Waals surface area contributed by atoms with E-state index in [0.29, 0.717) is 45.9 Å². The average Bonchev–Trinajstić information content (AvgIpc) is 2.93. The largest absolute Gasteiger partial charge is 0.457 e. The zero-order chi connectivity index (χ0) is 29.6. The first-order valence-electron chi connectivity index (χ1n) is 13.7. The van der Waals surface area contributed by atoms with Gasteiger partial charge in [-0.1, -0.05) is 31.5 Å². The number of para-hydroxylation sites is 1. The third-order valence-electron chi connectivity index (χ3n) is 6.39. The van der Waals surface area contributed by atoms with Crippen LogP contribution in [0.25, 0.3) is 10.9 Å². The molecule has 1 heterocycles. The summed E-state index contributed by atoms with van der Waals surface area (Å²) in [6.45, 7) is 8.06.